The smallest absolute Gasteiger partial charge is 0.344 e. The molecular formula is C21H23NO7. The van der Waals surface area contributed by atoms with Gasteiger partial charge < -0.3 is 29.0 Å². The molecule has 1 amide bonds. The Morgan fingerprint density at radius 1 is 1.07 bits per heavy atom. The van der Waals surface area contributed by atoms with Gasteiger partial charge in [0.05, 0.1) is 6.61 Å². The van der Waals surface area contributed by atoms with Gasteiger partial charge in [-0.25, -0.2) is 4.79 Å². The van der Waals surface area contributed by atoms with Gasteiger partial charge in [-0.05, 0) is 37.6 Å². The SMILES string of the molecule is CCCOc1ccccc1OCC(=O)O[C@@H](C)C(=O)Nc1ccc2c(c1)OCO2. The van der Waals surface area contributed by atoms with Gasteiger partial charge in [0.15, 0.2) is 35.7 Å². The first-order valence-corrected chi connectivity index (χ1v) is 9.31. The molecule has 154 valence electrons. The first-order chi connectivity index (χ1) is 14.1. The number of rotatable bonds is 9. The second-order valence-electron chi connectivity index (χ2n) is 6.27. The maximum atomic E-state index is 12.3. The van der Waals surface area contributed by atoms with Crippen LogP contribution in [-0.2, 0) is 14.3 Å². The summed E-state index contributed by atoms with van der Waals surface area (Å²) < 4.78 is 26.7. The summed E-state index contributed by atoms with van der Waals surface area (Å²) in [6.45, 7) is 3.83. The van der Waals surface area contributed by atoms with Gasteiger partial charge >= 0.3 is 5.97 Å². The van der Waals surface area contributed by atoms with Crippen molar-refractivity contribution in [3.05, 3.63) is 42.5 Å². The molecule has 1 aliphatic heterocycles. The highest BCUT2D eigenvalue weighted by atomic mass is 16.7. The summed E-state index contributed by atoms with van der Waals surface area (Å²) in [5, 5.41) is 2.67. The summed E-state index contributed by atoms with van der Waals surface area (Å²) in [5.74, 6) is 1.02. The van der Waals surface area contributed by atoms with Crippen LogP contribution in [0.25, 0.3) is 0 Å². The van der Waals surface area contributed by atoms with Crippen molar-refractivity contribution in [2.24, 2.45) is 0 Å². The second-order valence-corrected chi connectivity index (χ2v) is 6.27. The molecular weight excluding hydrogens is 378 g/mol. The molecule has 8 nitrogen and oxygen atoms in total. The quantitative estimate of drug-likeness (QED) is 0.645. The third kappa shape index (κ3) is 5.54. The molecule has 8 heteroatoms. The summed E-state index contributed by atoms with van der Waals surface area (Å²) in [7, 11) is 0. The molecule has 0 unspecified atom stereocenters. The first kappa shape index (κ1) is 20.3. The number of ether oxygens (including phenoxy) is 5. The van der Waals surface area contributed by atoms with Crippen LogP contribution in [0.15, 0.2) is 42.5 Å². The van der Waals surface area contributed by atoms with Gasteiger partial charge in [-0.3, -0.25) is 4.79 Å². The molecule has 0 saturated carbocycles. The third-order valence-corrected chi connectivity index (χ3v) is 3.97. The molecule has 2 aromatic carbocycles. The van der Waals surface area contributed by atoms with E-state index in [1.54, 1.807) is 36.4 Å². The molecule has 29 heavy (non-hydrogen) atoms. The number of esters is 1. The summed E-state index contributed by atoms with van der Waals surface area (Å²) in [5.41, 5.74) is 0.514. The maximum absolute atomic E-state index is 12.3. The van der Waals surface area contributed by atoms with Gasteiger partial charge in [0, 0.05) is 11.8 Å². The normalized spacial score (nSPS) is 12.8. The molecule has 0 fully saturated rings. The van der Waals surface area contributed by atoms with Crippen LogP contribution in [-0.4, -0.2) is 38.0 Å². The van der Waals surface area contributed by atoms with Gasteiger partial charge in [-0.2, -0.15) is 0 Å². The Kier molecular flexibility index (Phi) is 6.78. The number of anilines is 1. The van der Waals surface area contributed by atoms with E-state index in [0.29, 0.717) is 35.3 Å². The molecule has 0 radical (unpaired) electrons. The van der Waals surface area contributed by atoms with Crippen LogP contribution in [0.1, 0.15) is 20.3 Å². The van der Waals surface area contributed by atoms with E-state index in [2.05, 4.69) is 5.32 Å². The summed E-state index contributed by atoms with van der Waals surface area (Å²) in [6.07, 6.45) is -0.144. The van der Waals surface area contributed by atoms with E-state index in [9.17, 15) is 9.59 Å². The average molecular weight is 401 g/mol. The van der Waals surface area contributed by atoms with E-state index in [4.69, 9.17) is 23.7 Å². The largest absolute Gasteiger partial charge is 0.490 e. The average Bonchev–Trinajstić information content (AvgIpc) is 3.19. The predicted octanol–water partition coefficient (Wildman–Crippen LogP) is 3.15. The van der Waals surface area contributed by atoms with Crippen molar-refractivity contribution in [1.82, 2.24) is 0 Å². The molecule has 2 aromatic rings. The fourth-order valence-electron chi connectivity index (χ4n) is 2.54. The van der Waals surface area contributed by atoms with Crippen LogP contribution in [0, 0.1) is 0 Å². The van der Waals surface area contributed by atoms with Crippen LogP contribution in [0.5, 0.6) is 23.0 Å². The molecule has 0 saturated heterocycles. The lowest BCUT2D eigenvalue weighted by molar-refractivity contribution is -0.155. The van der Waals surface area contributed by atoms with Gasteiger partial charge in [-0.1, -0.05) is 19.1 Å². The molecule has 1 atom stereocenters. The minimum absolute atomic E-state index is 0.146. The lowest BCUT2D eigenvalue weighted by atomic mass is 10.2. The number of benzene rings is 2. The van der Waals surface area contributed by atoms with E-state index >= 15 is 0 Å². The molecule has 0 bridgehead atoms. The monoisotopic (exact) mass is 401 g/mol. The standard InChI is InChI=1S/C21H23NO7/c1-3-10-25-16-6-4-5-7-17(16)26-12-20(23)29-14(2)21(24)22-15-8-9-18-19(11-15)28-13-27-18/h4-9,11,14H,3,10,12-13H2,1-2H3,(H,22,24)/t14-/m0/s1. The number of fused-ring (bicyclic) bond motifs is 1. The fraction of sp³-hybridized carbons (Fsp3) is 0.333. The lowest BCUT2D eigenvalue weighted by Crippen LogP contribution is -2.31. The highest BCUT2D eigenvalue weighted by Crippen LogP contribution is 2.34. The van der Waals surface area contributed by atoms with E-state index < -0.39 is 18.0 Å². The zero-order chi connectivity index (χ0) is 20.6. The second kappa shape index (κ2) is 9.68. The summed E-state index contributed by atoms with van der Waals surface area (Å²) in [4.78, 5) is 24.3. The molecule has 0 aromatic heterocycles. The van der Waals surface area contributed by atoms with Crippen molar-refractivity contribution >= 4 is 17.6 Å². The summed E-state index contributed by atoms with van der Waals surface area (Å²) >= 11 is 0. The minimum atomic E-state index is -0.997. The van der Waals surface area contributed by atoms with E-state index in [-0.39, 0.29) is 13.4 Å². The molecule has 0 spiro atoms. The van der Waals surface area contributed by atoms with Crippen molar-refractivity contribution in [2.75, 3.05) is 25.3 Å². The van der Waals surface area contributed by atoms with Crippen molar-refractivity contribution in [3.8, 4) is 23.0 Å². The Hall–Kier alpha value is -3.42. The molecule has 1 N–H and O–H groups in total. The summed E-state index contributed by atoms with van der Waals surface area (Å²) in [6, 6.07) is 12.1. The Morgan fingerprint density at radius 3 is 2.55 bits per heavy atom. The molecule has 0 aliphatic carbocycles. The lowest BCUT2D eigenvalue weighted by Gasteiger charge is -2.15. The number of nitrogens with one attached hydrogen (secondary N) is 1. The van der Waals surface area contributed by atoms with Crippen molar-refractivity contribution in [3.63, 3.8) is 0 Å². The van der Waals surface area contributed by atoms with Crippen LogP contribution in [0.4, 0.5) is 5.69 Å². The fourth-order valence-corrected chi connectivity index (χ4v) is 2.54. The molecule has 3 rings (SSSR count). The zero-order valence-corrected chi connectivity index (χ0v) is 16.3. The third-order valence-electron chi connectivity index (χ3n) is 3.97. The van der Waals surface area contributed by atoms with Crippen LogP contribution >= 0.6 is 0 Å². The highest BCUT2D eigenvalue weighted by molar-refractivity contribution is 5.95. The number of amides is 1. The van der Waals surface area contributed by atoms with Crippen LogP contribution in [0.3, 0.4) is 0 Å². The predicted molar refractivity (Wildman–Crippen MR) is 104 cm³/mol. The Bertz CT molecular complexity index is 868. The van der Waals surface area contributed by atoms with Crippen molar-refractivity contribution < 1.29 is 33.3 Å². The van der Waals surface area contributed by atoms with Crippen molar-refractivity contribution in [2.45, 2.75) is 26.4 Å². The number of hydrogen-bond donors (Lipinski definition) is 1. The van der Waals surface area contributed by atoms with Gasteiger partial charge in [0.2, 0.25) is 6.79 Å². The maximum Gasteiger partial charge on any atom is 0.344 e. The van der Waals surface area contributed by atoms with Crippen LogP contribution in [0.2, 0.25) is 0 Å². The van der Waals surface area contributed by atoms with Gasteiger partial charge in [0.1, 0.15) is 0 Å². The Morgan fingerprint density at radius 2 is 1.79 bits per heavy atom. The minimum Gasteiger partial charge on any atom is -0.490 e. The van der Waals surface area contributed by atoms with Crippen LogP contribution < -0.4 is 24.3 Å². The Labute approximate surface area is 168 Å². The number of carbonyl (C=O) groups is 2. The van der Waals surface area contributed by atoms with E-state index in [1.807, 2.05) is 13.0 Å². The number of carbonyl (C=O) groups excluding carboxylic acids is 2. The first-order valence-electron chi connectivity index (χ1n) is 9.31. The van der Waals surface area contributed by atoms with Crippen molar-refractivity contribution in [1.29, 1.82) is 0 Å². The Balaban J connectivity index is 1.48. The number of para-hydroxylation sites is 2. The van der Waals surface area contributed by atoms with Gasteiger partial charge in [-0.15, -0.1) is 0 Å². The topological polar surface area (TPSA) is 92.3 Å². The highest BCUT2D eigenvalue weighted by Gasteiger charge is 2.20. The molecule has 1 heterocycles. The zero-order valence-electron chi connectivity index (χ0n) is 16.3. The molecule has 1 aliphatic rings. The van der Waals surface area contributed by atoms with E-state index in [0.717, 1.165) is 6.42 Å². The van der Waals surface area contributed by atoms with E-state index in [1.165, 1.54) is 6.92 Å². The number of hydrogen-bond acceptors (Lipinski definition) is 7. The van der Waals surface area contributed by atoms with Gasteiger partial charge in [0.25, 0.3) is 5.91 Å².